The van der Waals surface area contributed by atoms with Gasteiger partial charge >= 0.3 is 0 Å². The second-order valence-electron chi connectivity index (χ2n) is 1.87. The number of hydrogen-bond donors (Lipinski definition) is 0. The molecule has 0 aromatic carbocycles. The normalized spacial score (nSPS) is 19.7. The summed E-state index contributed by atoms with van der Waals surface area (Å²) in [6, 6.07) is 4.29. The molecule has 3 heteroatoms. The molecule has 0 aliphatic heterocycles. The molecule has 0 unspecified atom stereocenters. The van der Waals surface area contributed by atoms with Crippen molar-refractivity contribution < 1.29 is 13.0 Å². The van der Waals surface area contributed by atoms with Gasteiger partial charge in [0.05, 0.1) is 7.11 Å². The van der Waals surface area contributed by atoms with E-state index in [0.717, 1.165) is 0 Å². The van der Waals surface area contributed by atoms with Crippen molar-refractivity contribution in [2.45, 2.75) is 0 Å². The Kier molecular flexibility index (Phi) is 0.884. The van der Waals surface area contributed by atoms with E-state index >= 15 is 0 Å². The molecule has 60 valence electrons. The zero-order chi connectivity index (χ0) is 13.3. The van der Waals surface area contributed by atoms with E-state index in [9.17, 15) is 0 Å². The van der Waals surface area contributed by atoms with Gasteiger partial charge in [-0.25, -0.2) is 0 Å². The van der Waals surface area contributed by atoms with Gasteiger partial charge in [-0.1, -0.05) is 6.07 Å². The summed E-state index contributed by atoms with van der Waals surface area (Å²) >= 11 is 0. The molecule has 0 aliphatic carbocycles. The van der Waals surface area contributed by atoms with E-state index in [0.29, 0.717) is 4.90 Å². The average Bonchev–Trinajstić information content (AvgIpc) is 2.13. The summed E-state index contributed by atoms with van der Waals surface area (Å²) in [4.78, 5) is 4.12. The van der Waals surface area contributed by atoms with E-state index in [1.54, 1.807) is 0 Å². The zero-order valence-corrected chi connectivity index (χ0v) is 6.03. The fraction of sp³-hybridized carbons (Fsp3) is 0.375. The quantitative estimate of drug-likeness (QED) is 0.645. The maximum Gasteiger partial charge on any atom is 0.214 e. The van der Waals surface area contributed by atoms with Crippen LogP contribution in [0.2, 0.25) is 0 Å². The van der Waals surface area contributed by atoms with Gasteiger partial charge in [0.25, 0.3) is 0 Å². The number of methoxy groups -OCH3 is 1. The SMILES string of the molecule is [2H]C([2H])([2H])N(c1cccc(OC)n1)C([2H])([2H])[2H]. The first kappa shape index (κ1) is 3.01. The van der Waals surface area contributed by atoms with Crippen LogP contribution in [0.25, 0.3) is 0 Å². The van der Waals surface area contributed by atoms with Gasteiger partial charge in [-0.15, -0.1) is 0 Å². The van der Waals surface area contributed by atoms with E-state index in [2.05, 4.69) is 4.98 Å². The first-order chi connectivity index (χ1) is 7.66. The number of pyridine rings is 1. The van der Waals surface area contributed by atoms with E-state index in [-0.39, 0.29) is 11.7 Å². The zero-order valence-electron chi connectivity index (χ0n) is 12.0. The molecular formula is C8H12N2O. The molecule has 1 aromatic rings. The van der Waals surface area contributed by atoms with Crippen molar-refractivity contribution in [3.63, 3.8) is 0 Å². The predicted molar refractivity (Wildman–Crippen MR) is 45.1 cm³/mol. The molecule has 0 bridgehead atoms. The van der Waals surface area contributed by atoms with Crippen molar-refractivity contribution >= 4 is 5.82 Å². The lowest BCUT2D eigenvalue weighted by atomic mass is 10.4. The van der Waals surface area contributed by atoms with Gasteiger partial charge in [-0.2, -0.15) is 4.98 Å². The average molecular weight is 158 g/mol. The minimum absolute atomic E-state index is 0.154. The molecule has 1 heterocycles. The summed E-state index contributed by atoms with van der Waals surface area (Å²) in [6.07, 6.45) is 0. The van der Waals surface area contributed by atoms with Crippen molar-refractivity contribution in [3.8, 4) is 5.88 Å². The standard InChI is InChI=1S/C8H12N2O/c1-10(2)7-5-4-6-8(9-7)11-3/h4-6H,1-3H3/i1D3,2D3. The Labute approximate surface area is 75.0 Å². The van der Waals surface area contributed by atoms with Crippen LogP contribution in [-0.2, 0) is 0 Å². The van der Waals surface area contributed by atoms with E-state index in [1.165, 1.54) is 25.3 Å². The molecule has 0 spiro atoms. The maximum atomic E-state index is 7.23. The topological polar surface area (TPSA) is 25.4 Å². The van der Waals surface area contributed by atoms with Crippen LogP contribution in [0.1, 0.15) is 8.22 Å². The van der Waals surface area contributed by atoms with E-state index < -0.39 is 14.0 Å². The molecule has 0 saturated heterocycles. The third-order valence-electron chi connectivity index (χ3n) is 1.15. The summed E-state index contributed by atoms with van der Waals surface area (Å²) in [6.45, 7) is -5.60. The summed E-state index contributed by atoms with van der Waals surface area (Å²) in [5, 5.41) is 0. The lowest BCUT2D eigenvalue weighted by molar-refractivity contribution is 0.398. The van der Waals surface area contributed by atoms with Crippen LogP contribution in [0.4, 0.5) is 5.82 Å². The summed E-state index contributed by atoms with van der Waals surface area (Å²) in [7, 11) is 1.36. The molecule has 0 saturated carbocycles. The highest BCUT2D eigenvalue weighted by Crippen LogP contribution is 2.12. The Morgan fingerprint density at radius 2 is 2.36 bits per heavy atom. The number of nitrogens with zero attached hydrogens (tertiary/aromatic N) is 2. The largest absolute Gasteiger partial charge is 0.481 e. The Balaban J connectivity index is 3.23. The van der Waals surface area contributed by atoms with Crippen molar-refractivity contribution in [1.82, 2.24) is 4.98 Å². The van der Waals surface area contributed by atoms with Crippen LogP contribution in [0.5, 0.6) is 5.88 Å². The molecule has 0 amide bonds. The maximum absolute atomic E-state index is 7.23. The predicted octanol–water partition coefficient (Wildman–Crippen LogP) is 1.16. The van der Waals surface area contributed by atoms with Crippen LogP contribution in [-0.4, -0.2) is 26.0 Å². The lowest BCUT2D eigenvalue weighted by Crippen LogP contribution is -2.10. The molecule has 0 fully saturated rings. The number of hydrogen-bond acceptors (Lipinski definition) is 3. The van der Waals surface area contributed by atoms with Gasteiger partial charge < -0.3 is 9.64 Å². The molecule has 0 aliphatic rings. The Hall–Kier alpha value is -1.25. The minimum atomic E-state index is -2.80. The van der Waals surface area contributed by atoms with Crippen LogP contribution >= 0.6 is 0 Å². The van der Waals surface area contributed by atoms with Gasteiger partial charge in [0.1, 0.15) is 5.82 Å². The highest BCUT2D eigenvalue weighted by molar-refractivity contribution is 5.38. The Bertz CT molecular complexity index is 374. The Morgan fingerprint density at radius 1 is 1.55 bits per heavy atom. The summed E-state index contributed by atoms with van der Waals surface area (Å²) < 4.78 is 48.2. The third kappa shape index (κ3) is 1.83. The highest BCUT2D eigenvalue weighted by Gasteiger charge is 1.96. The van der Waals surface area contributed by atoms with Gasteiger partial charge in [0.15, 0.2) is 0 Å². The lowest BCUT2D eigenvalue weighted by Gasteiger charge is -2.10. The first-order valence-corrected chi connectivity index (χ1v) is 2.97. The van der Waals surface area contributed by atoms with Crippen molar-refractivity contribution in [2.24, 2.45) is 0 Å². The molecule has 1 rings (SSSR count). The van der Waals surface area contributed by atoms with Gasteiger partial charge in [-0.05, 0) is 6.07 Å². The van der Waals surface area contributed by atoms with Crippen LogP contribution in [0.3, 0.4) is 0 Å². The smallest absolute Gasteiger partial charge is 0.214 e. The minimum Gasteiger partial charge on any atom is -0.481 e. The van der Waals surface area contributed by atoms with Gasteiger partial charge in [-0.3, -0.25) is 0 Å². The fourth-order valence-corrected chi connectivity index (χ4v) is 0.642. The van der Waals surface area contributed by atoms with Crippen LogP contribution < -0.4 is 9.64 Å². The van der Waals surface area contributed by atoms with E-state index in [1.807, 2.05) is 0 Å². The highest BCUT2D eigenvalue weighted by atomic mass is 16.5. The molecule has 0 radical (unpaired) electrons. The molecular weight excluding hydrogens is 140 g/mol. The monoisotopic (exact) mass is 158 g/mol. The van der Waals surface area contributed by atoms with Crippen LogP contribution in [0.15, 0.2) is 18.2 Å². The van der Waals surface area contributed by atoms with Crippen LogP contribution in [0, 0.1) is 0 Å². The molecule has 3 nitrogen and oxygen atoms in total. The van der Waals surface area contributed by atoms with Crippen molar-refractivity contribution in [1.29, 1.82) is 0 Å². The van der Waals surface area contributed by atoms with Crippen molar-refractivity contribution in [2.75, 3.05) is 26.0 Å². The summed E-state index contributed by atoms with van der Waals surface area (Å²) in [5.41, 5.74) is 0. The molecule has 0 N–H and O–H groups in total. The fourth-order valence-electron chi connectivity index (χ4n) is 0.642. The second kappa shape index (κ2) is 3.23. The Morgan fingerprint density at radius 3 is 3.00 bits per heavy atom. The molecule has 0 atom stereocenters. The van der Waals surface area contributed by atoms with Gasteiger partial charge in [0.2, 0.25) is 5.88 Å². The number of anilines is 1. The molecule has 11 heavy (non-hydrogen) atoms. The van der Waals surface area contributed by atoms with Gasteiger partial charge in [0, 0.05) is 28.2 Å². The number of aromatic nitrogens is 1. The van der Waals surface area contributed by atoms with E-state index in [4.69, 9.17) is 13.0 Å². The number of rotatable bonds is 2. The number of ether oxygens (including phenoxy) is 1. The third-order valence-corrected chi connectivity index (χ3v) is 1.15. The van der Waals surface area contributed by atoms with Crippen molar-refractivity contribution in [3.05, 3.63) is 18.2 Å². The molecule has 1 aromatic heterocycles. The first-order valence-electron chi connectivity index (χ1n) is 5.97. The summed E-state index contributed by atoms with van der Waals surface area (Å²) in [5.74, 6) is -0.0228. The second-order valence-corrected chi connectivity index (χ2v) is 1.87.